The predicted octanol–water partition coefficient (Wildman–Crippen LogP) is 3.78. The monoisotopic (exact) mass is 282 g/mol. The van der Waals surface area contributed by atoms with Gasteiger partial charge in [-0.15, -0.1) is 0 Å². The molecule has 2 rings (SSSR count). The van der Waals surface area contributed by atoms with Crippen molar-refractivity contribution in [2.75, 3.05) is 31.4 Å². The van der Waals surface area contributed by atoms with Gasteiger partial charge in [-0.2, -0.15) is 0 Å². The fourth-order valence-corrected chi connectivity index (χ4v) is 3.09. The summed E-state index contributed by atoms with van der Waals surface area (Å²) in [6.07, 6.45) is 5.00. The lowest BCUT2D eigenvalue weighted by Crippen LogP contribution is -2.29. The van der Waals surface area contributed by atoms with Gasteiger partial charge in [0.1, 0.15) is 0 Å². The highest BCUT2D eigenvalue weighted by atomic mass is 35.5. The van der Waals surface area contributed by atoms with Gasteiger partial charge in [0.05, 0.1) is 22.5 Å². The van der Waals surface area contributed by atoms with E-state index < -0.39 is 0 Å². The van der Waals surface area contributed by atoms with Gasteiger partial charge < -0.3 is 15.0 Å². The molecule has 1 fully saturated rings. The van der Waals surface area contributed by atoms with Crippen molar-refractivity contribution in [1.82, 2.24) is 0 Å². The van der Waals surface area contributed by atoms with E-state index >= 15 is 0 Å². The van der Waals surface area contributed by atoms with E-state index in [2.05, 4.69) is 16.3 Å². The highest BCUT2D eigenvalue weighted by Gasteiger charge is 2.21. The third kappa shape index (κ3) is 3.54. The number of nitrogens with one attached hydrogen (secondary N) is 1. The van der Waals surface area contributed by atoms with E-state index in [-0.39, 0.29) is 0 Å². The Kier molecular flexibility index (Phi) is 4.94. The van der Waals surface area contributed by atoms with Crippen LogP contribution < -0.4 is 10.2 Å². The van der Waals surface area contributed by atoms with Crippen LogP contribution in [0.2, 0.25) is 5.02 Å². The van der Waals surface area contributed by atoms with E-state index in [1.54, 1.807) is 7.11 Å². The van der Waals surface area contributed by atoms with Gasteiger partial charge in [-0.3, -0.25) is 0 Å². The Bertz CT molecular complexity index is 415. The Hall–Kier alpha value is -0.930. The number of rotatable bonds is 4. The quantitative estimate of drug-likeness (QED) is 0.910. The van der Waals surface area contributed by atoms with E-state index in [4.69, 9.17) is 16.3 Å². The first-order valence-corrected chi connectivity index (χ1v) is 7.24. The molecule has 4 heteroatoms. The molecule has 3 nitrogen and oxygen atoms in total. The van der Waals surface area contributed by atoms with Gasteiger partial charge in [0.2, 0.25) is 0 Å². The zero-order valence-electron chi connectivity index (χ0n) is 11.9. The molecule has 0 spiro atoms. The number of hydrogen-bond acceptors (Lipinski definition) is 3. The Morgan fingerprint density at radius 3 is 2.47 bits per heavy atom. The average Bonchev–Trinajstić information content (AvgIpc) is 2.39. The molecule has 1 N–H and O–H groups in total. The van der Waals surface area contributed by atoms with E-state index in [1.165, 1.54) is 0 Å². The molecule has 1 aliphatic rings. The summed E-state index contributed by atoms with van der Waals surface area (Å²) in [7, 11) is 5.85. The second-order valence-electron chi connectivity index (χ2n) is 5.38. The van der Waals surface area contributed by atoms with Gasteiger partial charge in [0.15, 0.2) is 0 Å². The van der Waals surface area contributed by atoms with Crippen LogP contribution in [0.3, 0.4) is 0 Å². The molecule has 1 aromatic rings. The third-order valence-electron chi connectivity index (χ3n) is 3.80. The van der Waals surface area contributed by atoms with Crippen LogP contribution in [0, 0.1) is 0 Å². The number of anilines is 2. The Balaban J connectivity index is 2.06. The summed E-state index contributed by atoms with van der Waals surface area (Å²) in [6.45, 7) is 0. The summed E-state index contributed by atoms with van der Waals surface area (Å²) in [5.41, 5.74) is 2.19. The van der Waals surface area contributed by atoms with Crippen LogP contribution in [0.25, 0.3) is 0 Å². The van der Waals surface area contributed by atoms with Crippen molar-refractivity contribution in [2.45, 2.75) is 37.8 Å². The Morgan fingerprint density at radius 2 is 1.89 bits per heavy atom. The molecule has 0 radical (unpaired) electrons. The summed E-state index contributed by atoms with van der Waals surface area (Å²) in [5, 5.41) is 4.43. The highest BCUT2D eigenvalue weighted by Crippen LogP contribution is 2.34. The highest BCUT2D eigenvalue weighted by molar-refractivity contribution is 6.34. The minimum absolute atomic E-state index is 0.436. The van der Waals surface area contributed by atoms with Crippen molar-refractivity contribution < 1.29 is 4.74 Å². The van der Waals surface area contributed by atoms with E-state index in [1.807, 2.05) is 26.2 Å². The lowest BCUT2D eigenvalue weighted by molar-refractivity contribution is 0.0682. The van der Waals surface area contributed by atoms with Crippen LogP contribution in [0.15, 0.2) is 18.2 Å². The fourth-order valence-electron chi connectivity index (χ4n) is 2.75. The molecule has 1 aromatic carbocycles. The van der Waals surface area contributed by atoms with Gasteiger partial charge in [0, 0.05) is 27.2 Å². The average molecular weight is 283 g/mol. The lowest BCUT2D eigenvalue weighted by Gasteiger charge is -2.30. The molecule has 0 aromatic heterocycles. The molecule has 19 heavy (non-hydrogen) atoms. The predicted molar refractivity (Wildman–Crippen MR) is 82.5 cm³/mol. The normalized spacial score (nSPS) is 23.2. The number of ether oxygens (including phenoxy) is 1. The van der Waals surface area contributed by atoms with Crippen molar-refractivity contribution in [1.29, 1.82) is 0 Å². The molecule has 1 aliphatic carbocycles. The molecule has 106 valence electrons. The molecule has 0 bridgehead atoms. The Morgan fingerprint density at radius 1 is 1.21 bits per heavy atom. The SMILES string of the molecule is COC1CCC(Nc2cccc(Cl)c2N(C)C)CC1. The second-order valence-corrected chi connectivity index (χ2v) is 5.79. The van der Waals surface area contributed by atoms with Crippen molar-refractivity contribution in [3.63, 3.8) is 0 Å². The van der Waals surface area contributed by atoms with Crippen molar-refractivity contribution in [3.8, 4) is 0 Å². The number of methoxy groups -OCH3 is 1. The summed E-state index contributed by atoms with van der Waals surface area (Å²) < 4.78 is 5.41. The maximum absolute atomic E-state index is 6.29. The van der Waals surface area contributed by atoms with Gasteiger partial charge in [0.25, 0.3) is 0 Å². The summed E-state index contributed by atoms with van der Waals surface area (Å²) >= 11 is 6.29. The van der Waals surface area contributed by atoms with Gasteiger partial charge in [-0.05, 0) is 37.8 Å². The minimum Gasteiger partial charge on any atom is -0.381 e. The van der Waals surface area contributed by atoms with Crippen LogP contribution in [0.1, 0.15) is 25.7 Å². The molecular formula is C15H23ClN2O. The molecule has 0 atom stereocenters. The summed E-state index contributed by atoms with van der Waals surface area (Å²) in [6, 6.07) is 6.55. The van der Waals surface area contributed by atoms with Crippen molar-refractivity contribution in [2.24, 2.45) is 0 Å². The standard InChI is InChI=1S/C15H23ClN2O/c1-18(2)15-13(16)5-4-6-14(15)17-11-7-9-12(19-3)10-8-11/h4-6,11-12,17H,7-10H2,1-3H3. The second kappa shape index (κ2) is 6.49. The molecule has 0 aliphatic heterocycles. The first-order valence-electron chi connectivity index (χ1n) is 6.87. The zero-order valence-corrected chi connectivity index (χ0v) is 12.7. The molecule has 0 unspecified atom stereocenters. The van der Waals surface area contributed by atoms with Crippen LogP contribution in [-0.4, -0.2) is 33.4 Å². The first-order chi connectivity index (χ1) is 9.11. The summed E-state index contributed by atoms with van der Waals surface area (Å²) in [4.78, 5) is 2.06. The molecular weight excluding hydrogens is 260 g/mol. The smallest absolute Gasteiger partial charge is 0.0786 e. The van der Waals surface area contributed by atoms with Gasteiger partial charge in [-0.25, -0.2) is 0 Å². The summed E-state index contributed by atoms with van der Waals surface area (Å²) in [5.74, 6) is 0. The number of para-hydroxylation sites is 1. The maximum atomic E-state index is 6.29. The van der Waals surface area contributed by atoms with Crippen LogP contribution in [0.5, 0.6) is 0 Å². The van der Waals surface area contributed by atoms with Crippen LogP contribution >= 0.6 is 11.6 Å². The van der Waals surface area contributed by atoms with Gasteiger partial charge in [-0.1, -0.05) is 17.7 Å². The fraction of sp³-hybridized carbons (Fsp3) is 0.600. The first kappa shape index (κ1) is 14.5. The molecule has 0 amide bonds. The van der Waals surface area contributed by atoms with Crippen molar-refractivity contribution >= 4 is 23.0 Å². The van der Waals surface area contributed by atoms with E-state index in [0.29, 0.717) is 12.1 Å². The Labute approximate surface area is 120 Å². The molecule has 0 heterocycles. The van der Waals surface area contributed by atoms with Crippen LogP contribution in [0.4, 0.5) is 11.4 Å². The number of hydrogen-bond donors (Lipinski definition) is 1. The number of benzene rings is 1. The molecule has 0 saturated heterocycles. The minimum atomic E-state index is 0.436. The zero-order chi connectivity index (χ0) is 13.8. The molecule has 1 saturated carbocycles. The number of nitrogens with zero attached hydrogens (tertiary/aromatic N) is 1. The third-order valence-corrected chi connectivity index (χ3v) is 4.11. The van der Waals surface area contributed by atoms with Gasteiger partial charge >= 0.3 is 0 Å². The van der Waals surface area contributed by atoms with Crippen LogP contribution in [-0.2, 0) is 4.74 Å². The van der Waals surface area contributed by atoms with E-state index in [9.17, 15) is 0 Å². The van der Waals surface area contributed by atoms with E-state index in [0.717, 1.165) is 42.1 Å². The largest absolute Gasteiger partial charge is 0.381 e. The maximum Gasteiger partial charge on any atom is 0.0786 e. The lowest BCUT2D eigenvalue weighted by atomic mass is 9.92. The van der Waals surface area contributed by atoms with Crippen molar-refractivity contribution in [3.05, 3.63) is 23.2 Å². The topological polar surface area (TPSA) is 24.5 Å². The number of halogens is 1.